The molecule has 5 heterocycles. The Kier molecular flexibility index (Phi) is 9.90. The third-order valence-electron chi connectivity index (χ3n) is 11.3. The van der Waals surface area contributed by atoms with Crippen LogP contribution in [-0.4, -0.2) is 48.8 Å². The van der Waals surface area contributed by atoms with Gasteiger partial charge >= 0.3 is 0 Å². The third kappa shape index (κ3) is 6.54. The molecule has 10 nitrogen and oxygen atoms in total. The number of nitrogens with zero attached hydrogens (tertiary/aromatic N) is 7. The zero-order chi connectivity index (χ0) is 40.4. The number of hydrogen-bond acceptors (Lipinski definition) is 5. The molecule has 2 N–H and O–H groups in total. The van der Waals surface area contributed by atoms with Crippen LogP contribution in [0.4, 0.5) is 11.5 Å². The van der Waals surface area contributed by atoms with Crippen molar-refractivity contribution >= 4 is 68.3 Å². The van der Waals surface area contributed by atoms with Gasteiger partial charge < -0.3 is 24.5 Å². The maximum Gasteiger partial charge on any atom is 0.275 e. The van der Waals surface area contributed by atoms with Gasteiger partial charge in [-0.2, -0.15) is 5.10 Å². The number of hydrogen-bond donors (Lipinski definition) is 1. The molecule has 1 aliphatic heterocycles. The minimum absolute atomic E-state index is 0.0745. The minimum Gasteiger partial charge on any atom is -0.494 e. The Morgan fingerprint density at radius 1 is 0.965 bits per heavy atom. The Hall–Kier alpha value is -5.58. The highest BCUT2D eigenvalue weighted by atomic mass is 35.5. The molecule has 4 aromatic heterocycles. The van der Waals surface area contributed by atoms with Gasteiger partial charge in [0.05, 0.1) is 28.5 Å². The number of amidine groups is 1. The lowest BCUT2D eigenvalue weighted by atomic mass is 9.98. The zero-order valence-corrected chi connectivity index (χ0v) is 35.0. The van der Waals surface area contributed by atoms with E-state index in [2.05, 4.69) is 39.0 Å². The standard InChI is InChI=1S/C45H46Cl2N8O2/c1-24-11-9-17-49-44(24)50-43(48)30-13-16-36-34(21-30)37(23-52(36)7)54-22-27(4)55-41-33(14-15-35(46)39(41)38-28(5)51-53(8)29(38)6)32(42(55)45(54)56)12-10-18-57-31-19-25(2)40(47)26(3)20-31/h9,11,13-17,19-21,23,27H,10,12,18,22H2,1-8H3,(H2,48,49,50)/t27-/m1/s1. The molecule has 0 unspecified atom stereocenters. The zero-order valence-electron chi connectivity index (χ0n) is 33.5. The highest BCUT2D eigenvalue weighted by Gasteiger charge is 2.37. The van der Waals surface area contributed by atoms with E-state index in [1.54, 1.807) is 6.20 Å². The number of anilines is 1. The lowest BCUT2D eigenvalue weighted by molar-refractivity contribution is 0.0957. The number of fused-ring (bicyclic) bond motifs is 4. The topological polar surface area (TPSA) is 108 Å². The fraction of sp³-hybridized carbons (Fsp3) is 0.289. The number of amides is 1. The molecule has 12 heteroatoms. The van der Waals surface area contributed by atoms with Crippen LogP contribution >= 0.6 is 23.2 Å². The van der Waals surface area contributed by atoms with Gasteiger partial charge in [-0.05, 0) is 119 Å². The van der Waals surface area contributed by atoms with Crippen LogP contribution in [0.15, 0.2) is 72.0 Å². The average molecular weight is 802 g/mol. The monoisotopic (exact) mass is 800 g/mol. The summed E-state index contributed by atoms with van der Waals surface area (Å²) in [5, 5.41) is 8.03. The normalized spacial score (nSPS) is 14.6. The molecule has 57 heavy (non-hydrogen) atoms. The van der Waals surface area contributed by atoms with Crippen molar-refractivity contribution in [3.8, 4) is 16.9 Å². The van der Waals surface area contributed by atoms with E-state index in [1.165, 1.54) is 0 Å². The second kappa shape index (κ2) is 14.7. The van der Waals surface area contributed by atoms with E-state index < -0.39 is 0 Å². The summed E-state index contributed by atoms with van der Waals surface area (Å²) in [4.78, 5) is 26.3. The molecular formula is C45H46Cl2N8O2. The maximum absolute atomic E-state index is 15.3. The largest absolute Gasteiger partial charge is 0.494 e. The molecule has 3 aromatic carbocycles. The minimum atomic E-state index is -0.100. The smallest absolute Gasteiger partial charge is 0.275 e. The fourth-order valence-electron chi connectivity index (χ4n) is 8.46. The molecule has 8 rings (SSSR count). The Morgan fingerprint density at radius 2 is 1.72 bits per heavy atom. The molecule has 1 amide bonds. The number of rotatable bonds is 9. The van der Waals surface area contributed by atoms with Crippen LogP contribution < -0.4 is 15.4 Å². The first-order chi connectivity index (χ1) is 27.2. The number of carbonyl (C=O) groups is 1. The van der Waals surface area contributed by atoms with Crippen LogP contribution in [0.5, 0.6) is 5.75 Å². The molecule has 0 saturated carbocycles. The van der Waals surface area contributed by atoms with Gasteiger partial charge in [0.2, 0.25) is 0 Å². The van der Waals surface area contributed by atoms with Gasteiger partial charge in [-0.1, -0.05) is 35.3 Å². The first kappa shape index (κ1) is 38.3. The highest BCUT2D eigenvalue weighted by Crippen LogP contribution is 2.46. The SMILES string of the molecule is Cc1cccnc1/N=C(\N)c1ccc2c(c1)c(N1C[C@@H](C)n3c(c(CCCOc4cc(C)c(Cl)c(C)c4)c4ccc(Cl)c(-c5c(C)nn(C)c5C)c43)C1=O)cn2C. The summed E-state index contributed by atoms with van der Waals surface area (Å²) < 4.78 is 12.4. The number of halogens is 2. The van der Waals surface area contributed by atoms with Gasteiger partial charge in [-0.25, -0.2) is 9.98 Å². The van der Waals surface area contributed by atoms with Gasteiger partial charge in [0, 0.05) is 82.8 Å². The first-order valence-electron chi connectivity index (χ1n) is 19.2. The van der Waals surface area contributed by atoms with Crippen molar-refractivity contribution in [3.05, 3.63) is 122 Å². The molecule has 292 valence electrons. The van der Waals surface area contributed by atoms with Crippen LogP contribution in [0.1, 0.15) is 69.1 Å². The fourth-order valence-corrected chi connectivity index (χ4v) is 8.81. The van der Waals surface area contributed by atoms with Crippen LogP contribution in [0, 0.1) is 34.6 Å². The summed E-state index contributed by atoms with van der Waals surface area (Å²) >= 11 is 13.6. The number of aliphatic imine (C=N–C) groups is 1. The molecule has 0 spiro atoms. The number of pyridine rings is 1. The average Bonchev–Trinajstić information content (AvgIpc) is 3.78. The number of aromatic nitrogens is 5. The molecule has 1 aliphatic rings. The van der Waals surface area contributed by atoms with Gasteiger partial charge in [0.15, 0.2) is 5.82 Å². The van der Waals surface area contributed by atoms with Crippen LogP contribution in [0.3, 0.4) is 0 Å². The van der Waals surface area contributed by atoms with Crippen molar-refractivity contribution in [1.29, 1.82) is 0 Å². The lowest BCUT2D eigenvalue weighted by Gasteiger charge is -2.34. The summed E-state index contributed by atoms with van der Waals surface area (Å²) in [6.07, 6.45) is 5.03. The van der Waals surface area contributed by atoms with Gasteiger partial charge in [0.25, 0.3) is 5.91 Å². The summed E-state index contributed by atoms with van der Waals surface area (Å²) in [5.74, 6) is 1.63. The number of carbonyl (C=O) groups excluding carboxylic acids is 1. The Balaban J connectivity index is 1.24. The van der Waals surface area contributed by atoms with E-state index in [9.17, 15) is 0 Å². The van der Waals surface area contributed by atoms with Crippen molar-refractivity contribution < 1.29 is 9.53 Å². The Labute approximate surface area is 342 Å². The molecule has 0 fully saturated rings. The van der Waals surface area contributed by atoms with Crippen molar-refractivity contribution in [2.45, 2.75) is 60.4 Å². The summed E-state index contributed by atoms with van der Waals surface area (Å²) in [6.45, 7) is 13.1. The first-order valence-corrected chi connectivity index (χ1v) is 19.9. The predicted octanol–water partition coefficient (Wildman–Crippen LogP) is 10.0. The van der Waals surface area contributed by atoms with E-state index in [-0.39, 0.29) is 11.9 Å². The number of benzene rings is 3. The summed E-state index contributed by atoms with van der Waals surface area (Å²) in [5.41, 5.74) is 18.4. The van der Waals surface area contributed by atoms with E-state index in [0.717, 1.165) is 88.6 Å². The third-order valence-corrected chi connectivity index (χ3v) is 12.2. The quantitative estimate of drug-likeness (QED) is 0.0889. The molecule has 0 aliphatic carbocycles. The van der Waals surface area contributed by atoms with Crippen molar-refractivity contribution in [2.24, 2.45) is 24.8 Å². The maximum atomic E-state index is 15.3. The number of ether oxygens (including phenoxy) is 1. The van der Waals surface area contributed by atoms with E-state index >= 15 is 4.79 Å². The molecule has 0 saturated heterocycles. The second-order valence-electron chi connectivity index (χ2n) is 15.3. The molecule has 7 aromatic rings. The van der Waals surface area contributed by atoms with Gasteiger partial charge in [-0.15, -0.1) is 0 Å². The Morgan fingerprint density at radius 3 is 2.42 bits per heavy atom. The van der Waals surface area contributed by atoms with Crippen LogP contribution in [-0.2, 0) is 20.5 Å². The van der Waals surface area contributed by atoms with Gasteiger partial charge in [-0.3, -0.25) is 9.48 Å². The second-order valence-corrected chi connectivity index (χ2v) is 16.1. The number of aryl methyl sites for hydroxylation is 7. The van der Waals surface area contributed by atoms with Crippen LogP contribution in [0.2, 0.25) is 10.0 Å². The van der Waals surface area contributed by atoms with Crippen LogP contribution in [0.25, 0.3) is 32.9 Å². The van der Waals surface area contributed by atoms with E-state index in [0.29, 0.717) is 48.4 Å². The molecule has 0 radical (unpaired) electrons. The van der Waals surface area contributed by atoms with Crippen molar-refractivity contribution in [1.82, 2.24) is 23.9 Å². The van der Waals surface area contributed by atoms with E-state index in [1.807, 2.05) is 106 Å². The van der Waals surface area contributed by atoms with Crippen molar-refractivity contribution in [3.63, 3.8) is 0 Å². The van der Waals surface area contributed by atoms with Gasteiger partial charge in [0.1, 0.15) is 17.3 Å². The molecule has 1 atom stereocenters. The molecule has 0 bridgehead atoms. The molecular weight excluding hydrogens is 755 g/mol. The summed E-state index contributed by atoms with van der Waals surface area (Å²) in [7, 11) is 3.94. The predicted molar refractivity (Wildman–Crippen MR) is 232 cm³/mol. The summed E-state index contributed by atoms with van der Waals surface area (Å²) in [6, 6.07) is 17.7. The number of nitrogens with two attached hydrogens (primary N) is 1. The Bertz CT molecular complexity index is 2770. The lowest BCUT2D eigenvalue weighted by Crippen LogP contribution is -2.42. The van der Waals surface area contributed by atoms with Crippen molar-refractivity contribution in [2.75, 3.05) is 18.1 Å². The highest BCUT2D eigenvalue weighted by molar-refractivity contribution is 6.35. The van der Waals surface area contributed by atoms with E-state index in [4.69, 9.17) is 38.8 Å².